The van der Waals surface area contributed by atoms with Crippen LogP contribution in [-0.2, 0) is 0 Å². The topological polar surface area (TPSA) is 85.9 Å². The SMILES string of the molecule is COc1ccc(NC(=O)c2ccc(OC(C)C)c(OC)c2)cc1NC(=O)c1ccc(Cl)cc1F. The van der Waals surface area contributed by atoms with Gasteiger partial charge in [0.25, 0.3) is 11.8 Å². The molecule has 3 rings (SSSR count). The van der Waals surface area contributed by atoms with Crippen LogP contribution in [0.3, 0.4) is 0 Å². The van der Waals surface area contributed by atoms with E-state index in [-0.39, 0.29) is 22.4 Å². The molecular formula is C25H24ClFN2O5. The van der Waals surface area contributed by atoms with E-state index >= 15 is 0 Å². The highest BCUT2D eigenvalue weighted by Crippen LogP contribution is 2.31. The minimum absolute atomic E-state index is 0.0529. The molecule has 2 N–H and O–H groups in total. The molecule has 0 atom stereocenters. The monoisotopic (exact) mass is 486 g/mol. The van der Waals surface area contributed by atoms with Crippen LogP contribution < -0.4 is 24.8 Å². The van der Waals surface area contributed by atoms with Crippen molar-refractivity contribution in [1.29, 1.82) is 0 Å². The Morgan fingerprint density at radius 3 is 2.21 bits per heavy atom. The smallest absolute Gasteiger partial charge is 0.258 e. The lowest BCUT2D eigenvalue weighted by Crippen LogP contribution is -2.16. The number of carbonyl (C=O) groups is 2. The van der Waals surface area contributed by atoms with E-state index < -0.39 is 17.6 Å². The standard InChI is InChI=1S/C25H24ClFN2O5/c1-14(2)34-22-9-5-15(11-23(22)33-4)24(30)28-17-7-10-21(32-3)20(13-17)29-25(31)18-8-6-16(26)12-19(18)27/h5-14H,1-4H3,(H,28,30)(H,29,31). The van der Waals surface area contributed by atoms with Crippen LogP contribution in [-0.4, -0.2) is 32.1 Å². The van der Waals surface area contributed by atoms with Crippen molar-refractivity contribution in [3.05, 3.63) is 76.6 Å². The summed E-state index contributed by atoms with van der Waals surface area (Å²) in [6, 6.07) is 13.3. The maximum absolute atomic E-state index is 14.1. The number of benzene rings is 3. The van der Waals surface area contributed by atoms with Gasteiger partial charge >= 0.3 is 0 Å². The number of rotatable bonds is 8. The lowest BCUT2D eigenvalue weighted by molar-refractivity contribution is 0.101. The Morgan fingerprint density at radius 1 is 0.853 bits per heavy atom. The Labute approximate surface area is 201 Å². The van der Waals surface area contributed by atoms with Crippen molar-refractivity contribution >= 4 is 34.8 Å². The average molecular weight is 487 g/mol. The Bertz CT molecular complexity index is 1220. The van der Waals surface area contributed by atoms with Crippen molar-refractivity contribution in [2.45, 2.75) is 20.0 Å². The summed E-state index contributed by atoms with van der Waals surface area (Å²) in [5, 5.41) is 5.54. The number of ether oxygens (including phenoxy) is 3. The normalized spacial score (nSPS) is 10.6. The maximum Gasteiger partial charge on any atom is 0.258 e. The van der Waals surface area contributed by atoms with Crippen molar-refractivity contribution in [3.8, 4) is 17.2 Å². The van der Waals surface area contributed by atoms with Gasteiger partial charge in [0.05, 0.1) is 31.6 Å². The molecule has 7 nitrogen and oxygen atoms in total. The second-order valence-corrected chi connectivity index (χ2v) is 7.92. The van der Waals surface area contributed by atoms with Gasteiger partial charge in [-0.3, -0.25) is 9.59 Å². The molecule has 0 saturated carbocycles. The molecule has 2 amide bonds. The van der Waals surface area contributed by atoms with Gasteiger partial charge in [0.15, 0.2) is 11.5 Å². The lowest BCUT2D eigenvalue weighted by Gasteiger charge is -2.15. The second-order valence-electron chi connectivity index (χ2n) is 7.48. The van der Waals surface area contributed by atoms with E-state index in [0.717, 1.165) is 6.07 Å². The summed E-state index contributed by atoms with van der Waals surface area (Å²) in [6.07, 6.45) is -0.0529. The summed E-state index contributed by atoms with van der Waals surface area (Å²) in [7, 11) is 2.92. The molecule has 0 bridgehead atoms. The quantitative estimate of drug-likeness (QED) is 0.421. The van der Waals surface area contributed by atoms with Crippen molar-refractivity contribution in [2.24, 2.45) is 0 Å². The lowest BCUT2D eigenvalue weighted by atomic mass is 10.1. The molecule has 0 fully saturated rings. The second kappa shape index (κ2) is 10.9. The minimum atomic E-state index is -0.757. The van der Waals surface area contributed by atoms with E-state index in [1.165, 1.54) is 32.4 Å². The zero-order valence-corrected chi connectivity index (χ0v) is 19.8. The highest BCUT2D eigenvalue weighted by molar-refractivity contribution is 6.30. The first kappa shape index (κ1) is 24.9. The van der Waals surface area contributed by atoms with E-state index in [2.05, 4.69) is 10.6 Å². The van der Waals surface area contributed by atoms with Gasteiger partial charge in [-0.1, -0.05) is 11.6 Å². The first-order valence-corrected chi connectivity index (χ1v) is 10.7. The van der Waals surface area contributed by atoms with Crippen molar-refractivity contribution in [3.63, 3.8) is 0 Å². The molecule has 0 radical (unpaired) electrons. The summed E-state index contributed by atoms with van der Waals surface area (Å²) < 4.78 is 30.4. The summed E-state index contributed by atoms with van der Waals surface area (Å²) in [6.45, 7) is 3.78. The summed E-state index contributed by atoms with van der Waals surface area (Å²) >= 11 is 5.75. The predicted molar refractivity (Wildman–Crippen MR) is 129 cm³/mol. The summed E-state index contributed by atoms with van der Waals surface area (Å²) in [5.74, 6) is -0.571. The molecule has 0 unspecified atom stereocenters. The zero-order valence-electron chi connectivity index (χ0n) is 19.1. The minimum Gasteiger partial charge on any atom is -0.495 e. The first-order chi connectivity index (χ1) is 16.2. The molecule has 0 spiro atoms. The fraction of sp³-hybridized carbons (Fsp3) is 0.200. The van der Waals surface area contributed by atoms with Gasteiger partial charge in [-0.25, -0.2) is 4.39 Å². The Morgan fingerprint density at radius 2 is 1.56 bits per heavy atom. The van der Waals surface area contributed by atoms with Crippen LogP contribution in [0.2, 0.25) is 5.02 Å². The van der Waals surface area contributed by atoms with Crippen LogP contribution in [0.25, 0.3) is 0 Å². The van der Waals surface area contributed by atoms with Crippen molar-refractivity contribution in [2.75, 3.05) is 24.9 Å². The number of nitrogens with one attached hydrogen (secondary N) is 2. The number of anilines is 2. The first-order valence-electron chi connectivity index (χ1n) is 10.3. The van der Waals surface area contributed by atoms with Gasteiger partial charge in [-0.05, 0) is 68.4 Å². The summed E-state index contributed by atoms with van der Waals surface area (Å²) in [5.41, 5.74) is 0.798. The molecule has 0 saturated heterocycles. The van der Waals surface area contributed by atoms with Crippen LogP contribution in [0.1, 0.15) is 34.6 Å². The molecule has 0 aliphatic rings. The molecule has 178 valence electrons. The van der Waals surface area contributed by atoms with Crippen LogP contribution >= 0.6 is 11.6 Å². The van der Waals surface area contributed by atoms with Crippen LogP contribution in [0.5, 0.6) is 17.2 Å². The van der Waals surface area contributed by atoms with E-state index in [1.54, 1.807) is 30.3 Å². The molecule has 3 aromatic carbocycles. The van der Waals surface area contributed by atoms with Gasteiger partial charge in [-0.15, -0.1) is 0 Å². The Hall–Kier alpha value is -3.78. The van der Waals surface area contributed by atoms with Gasteiger partial charge in [-0.2, -0.15) is 0 Å². The third kappa shape index (κ3) is 5.96. The fourth-order valence-corrected chi connectivity index (χ4v) is 3.27. The largest absolute Gasteiger partial charge is 0.495 e. The highest BCUT2D eigenvalue weighted by atomic mass is 35.5. The highest BCUT2D eigenvalue weighted by Gasteiger charge is 2.17. The number of amides is 2. The molecular weight excluding hydrogens is 463 g/mol. The summed E-state index contributed by atoms with van der Waals surface area (Å²) in [4.78, 5) is 25.4. The molecule has 0 aliphatic carbocycles. The number of hydrogen-bond acceptors (Lipinski definition) is 5. The van der Waals surface area contributed by atoms with Gasteiger partial charge < -0.3 is 24.8 Å². The molecule has 0 aliphatic heterocycles. The van der Waals surface area contributed by atoms with E-state index in [9.17, 15) is 14.0 Å². The maximum atomic E-state index is 14.1. The molecule has 0 heterocycles. The molecule has 0 aromatic heterocycles. The third-order valence-corrected chi connectivity index (χ3v) is 4.90. The number of carbonyl (C=O) groups excluding carboxylic acids is 2. The van der Waals surface area contributed by atoms with Crippen LogP contribution in [0.15, 0.2) is 54.6 Å². The predicted octanol–water partition coefficient (Wildman–Crippen LogP) is 5.79. The van der Waals surface area contributed by atoms with Gasteiger partial charge in [0.2, 0.25) is 0 Å². The number of methoxy groups -OCH3 is 2. The van der Waals surface area contributed by atoms with E-state index in [1.807, 2.05) is 13.8 Å². The zero-order chi connectivity index (χ0) is 24.8. The Kier molecular flexibility index (Phi) is 7.96. The van der Waals surface area contributed by atoms with Crippen LogP contribution in [0.4, 0.5) is 15.8 Å². The van der Waals surface area contributed by atoms with Crippen molar-refractivity contribution < 1.29 is 28.2 Å². The van der Waals surface area contributed by atoms with E-state index in [0.29, 0.717) is 28.5 Å². The molecule has 34 heavy (non-hydrogen) atoms. The number of halogens is 2. The molecule has 3 aromatic rings. The van der Waals surface area contributed by atoms with Crippen LogP contribution in [0, 0.1) is 5.82 Å². The average Bonchev–Trinajstić information content (AvgIpc) is 2.79. The molecule has 9 heteroatoms. The fourth-order valence-electron chi connectivity index (χ4n) is 3.11. The Balaban J connectivity index is 1.81. The van der Waals surface area contributed by atoms with Crippen molar-refractivity contribution in [1.82, 2.24) is 0 Å². The van der Waals surface area contributed by atoms with Gasteiger partial charge in [0.1, 0.15) is 11.6 Å². The third-order valence-electron chi connectivity index (χ3n) is 4.67. The van der Waals surface area contributed by atoms with E-state index in [4.69, 9.17) is 25.8 Å². The number of hydrogen-bond donors (Lipinski definition) is 2. The van der Waals surface area contributed by atoms with Gasteiger partial charge in [0, 0.05) is 16.3 Å².